The Kier molecular flexibility index (Phi) is 5.84. The van der Waals surface area contributed by atoms with Crippen molar-refractivity contribution in [2.75, 3.05) is 18.8 Å². The number of para-hydroxylation sites is 2. The number of nitrogens with zero attached hydrogens (tertiary/aromatic N) is 4. The van der Waals surface area contributed by atoms with Gasteiger partial charge >= 0.3 is 0 Å². The lowest BCUT2D eigenvalue weighted by molar-refractivity contribution is -0.128. The van der Waals surface area contributed by atoms with E-state index in [-0.39, 0.29) is 5.91 Å². The molecule has 0 aliphatic carbocycles. The Morgan fingerprint density at radius 2 is 2.18 bits per heavy atom. The Morgan fingerprint density at radius 1 is 1.41 bits per heavy atom. The van der Waals surface area contributed by atoms with Crippen LogP contribution in [0.15, 0.2) is 29.4 Å². The van der Waals surface area contributed by atoms with Crippen LogP contribution >= 0.6 is 11.8 Å². The molecule has 0 radical (unpaired) electrons. The number of imidazole rings is 1. The zero-order valence-electron chi connectivity index (χ0n) is 13.0. The van der Waals surface area contributed by atoms with Gasteiger partial charge in [0.25, 0.3) is 0 Å². The number of hydrogen-bond acceptors (Lipinski definition) is 4. The maximum absolute atomic E-state index is 12.2. The smallest absolute Gasteiger partial charge is 0.233 e. The molecule has 0 atom stereocenters. The SMILES string of the molecule is CCN(CCC#N)C(=O)CSc1nc2ccccc2n1CC. The summed E-state index contributed by atoms with van der Waals surface area (Å²) in [7, 11) is 0. The molecule has 6 heteroatoms. The maximum Gasteiger partial charge on any atom is 0.233 e. The minimum atomic E-state index is 0.0532. The Labute approximate surface area is 134 Å². The van der Waals surface area contributed by atoms with Gasteiger partial charge in [0.1, 0.15) is 0 Å². The van der Waals surface area contributed by atoms with Crippen LogP contribution in [0.25, 0.3) is 11.0 Å². The molecule has 0 saturated heterocycles. The molecule has 0 spiro atoms. The van der Waals surface area contributed by atoms with E-state index in [1.54, 1.807) is 4.90 Å². The van der Waals surface area contributed by atoms with Crippen LogP contribution in [0.2, 0.25) is 0 Å². The molecule has 5 nitrogen and oxygen atoms in total. The topological polar surface area (TPSA) is 61.9 Å². The van der Waals surface area contributed by atoms with Gasteiger partial charge in [-0.1, -0.05) is 23.9 Å². The Morgan fingerprint density at radius 3 is 2.86 bits per heavy atom. The average molecular weight is 316 g/mol. The highest BCUT2D eigenvalue weighted by atomic mass is 32.2. The Hall–Kier alpha value is -2.00. The van der Waals surface area contributed by atoms with Gasteiger partial charge in [0.2, 0.25) is 5.91 Å². The second kappa shape index (κ2) is 7.85. The number of aromatic nitrogens is 2. The fourth-order valence-electron chi connectivity index (χ4n) is 2.33. The molecule has 22 heavy (non-hydrogen) atoms. The molecule has 1 amide bonds. The third-order valence-electron chi connectivity index (χ3n) is 3.49. The van der Waals surface area contributed by atoms with E-state index in [1.165, 1.54) is 11.8 Å². The van der Waals surface area contributed by atoms with Crippen LogP contribution in [0.5, 0.6) is 0 Å². The van der Waals surface area contributed by atoms with Gasteiger partial charge in [-0.3, -0.25) is 4.79 Å². The van der Waals surface area contributed by atoms with Crippen molar-refractivity contribution in [3.05, 3.63) is 24.3 Å². The highest BCUT2D eigenvalue weighted by molar-refractivity contribution is 7.99. The second-order valence-electron chi connectivity index (χ2n) is 4.80. The molecular formula is C16H20N4OS. The van der Waals surface area contributed by atoms with Crippen molar-refractivity contribution in [1.82, 2.24) is 14.5 Å². The van der Waals surface area contributed by atoms with Crippen LogP contribution in [0.4, 0.5) is 0 Å². The molecule has 1 heterocycles. The highest BCUT2D eigenvalue weighted by Gasteiger charge is 2.15. The number of aryl methyl sites for hydroxylation is 1. The summed E-state index contributed by atoms with van der Waals surface area (Å²) in [5, 5.41) is 9.51. The molecular weight excluding hydrogens is 296 g/mol. The van der Waals surface area contributed by atoms with Crippen LogP contribution in [0.1, 0.15) is 20.3 Å². The van der Waals surface area contributed by atoms with Gasteiger partial charge in [-0.2, -0.15) is 5.26 Å². The third-order valence-corrected chi connectivity index (χ3v) is 4.45. The molecule has 116 valence electrons. The van der Waals surface area contributed by atoms with Gasteiger partial charge in [0.05, 0.1) is 29.3 Å². The quantitative estimate of drug-likeness (QED) is 0.737. The number of hydrogen-bond donors (Lipinski definition) is 0. The summed E-state index contributed by atoms with van der Waals surface area (Å²) in [5.41, 5.74) is 2.05. The Balaban J connectivity index is 2.08. The number of fused-ring (bicyclic) bond motifs is 1. The van der Waals surface area contributed by atoms with Gasteiger partial charge < -0.3 is 9.47 Å². The van der Waals surface area contributed by atoms with Crippen molar-refractivity contribution in [2.24, 2.45) is 0 Å². The lowest BCUT2D eigenvalue weighted by atomic mass is 10.3. The first-order chi connectivity index (χ1) is 10.7. The van der Waals surface area contributed by atoms with Crippen LogP contribution in [0.3, 0.4) is 0 Å². The normalized spacial score (nSPS) is 10.6. The van der Waals surface area contributed by atoms with Crippen LogP contribution in [0, 0.1) is 11.3 Å². The van der Waals surface area contributed by atoms with Gasteiger partial charge in [-0.05, 0) is 26.0 Å². The van der Waals surface area contributed by atoms with Gasteiger partial charge in [-0.25, -0.2) is 4.98 Å². The van der Waals surface area contributed by atoms with Gasteiger partial charge in [-0.15, -0.1) is 0 Å². The first-order valence-corrected chi connectivity index (χ1v) is 8.42. The molecule has 0 N–H and O–H groups in total. The van der Waals surface area contributed by atoms with Crippen molar-refractivity contribution in [3.63, 3.8) is 0 Å². The van der Waals surface area contributed by atoms with Crippen molar-refractivity contribution in [3.8, 4) is 6.07 Å². The minimum Gasteiger partial charge on any atom is -0.341 e. The van der Waals surface area contributed by atoms with Crippen molar-refractivity contribution in [1.29, 1.82) is 5.26 Å². The summed E-state index contributed by atoms with van der Waals surface area (Å²) in [6.07, 6.45) is 0.373. The van der Waals surface area contributed by atoms with E-state index in [9.17, 15) is 4.79 Å². The first-order valence-electron chi connectivity index (χ1n) is 7.44. The van der Waals surface area contributed by atoms with E-state index >= 15 is 0 Å². The Bertz CT molecular complexity index is 689. The van der Waals surface area contributed by atoms with Crippen LogP contribution < -0.4 is 0 Å². The molecule has 2 aromatic rings. The van der Waals surface area contributed by atoms with Crippen LogP contribution in [-0.4, -0.2) is 39.2 Å². The summed E-state index contributed by atoms with van der Waals surface area (Å²) in [5.74, 6) is 0.403. The zero-order valence-corrected chi connectivity index (χ0v) is 13.8. The van der Waals surface area contributed by atoms with E-state index < -0.39 is 0 Å². The van der Waals surface area contributed by atoms with Crippen molar-refractivity contribution in [2.45, 2.75) is 32.0 Å². The summed E-state index contributed by atoms with van der Waals surface area (Å²) in [6.45, 7) is 5.96. The predicted octanol–water partition coefficient (Wildman–Crippen LogP) is 2.91. The number of carbonyl (C=O) groups is 1. The number of nitriles is 1. The summed E-state index contributed by atoms with van der Waals surface area (Å²) < 4.78 is 2.12. The molecule has 1 aromatic heterocycles. The zero-order chi connectivity index (χ0) is 15.9. The van der Waals surface area contributed by atoms with Gasteiger partial charge in [0.15, 0.2) is 5.16 Å². The first kappa shape index (κ1) is 16.4. The summed E-state index contributed by atoms with van der Waals surface area (Å²) >= 11 is 1.46. The number of rotatable bonds is 7. The van der Waals surface area contributed by atoms with Crippen molar-refractivity contribution >= 4 is 28.7 Å². The van der Waals surface area contributed by atoms with E-state index in [1.807, 2.05) is 31.2 Å². The van der Waals surface area contributed by atoms with Gasteiger partial charge in [0, 0.05) is 19.6 Å². The minimum absolute atomic E-state index is 0.0532. The monoisotopic (exact) mass is 316 g/mol. The van der Waals surface area contributed by atoms with E-state index in [0.717, 1.165) is 22.7 Å². The number of carbonyl (C=O) groups excluding carboxylic acids is 1. The summed E-state index contributed by atoms with van der Waals surface area (Å²) in [6, 6.07) is 10.1. The standard InChI is InChI=1S/C16H20N4OS/c1-3-19(11-7-10-17)15(21)12-22-16-18-13-8-5-6-9-14(13)20(16)4-2/h5-6,8-9H,3-4,7,11-12H2,1-2H3. The molecule has 2 rings (SSSR count). The fourth-order valence-corrected chi connectivity index (χ4v) is 3.31. The fraction of sp³-hybridized carbons (Fsp3) is 0.438. The lowest BCUT2D eigenvalue weighted by Crippen LogP contribution is -2.33. The second-order valence-corrected chi connectivity index (χ2v) is 5.74. The number of amides is 1. The van der Waals surface area contributed by atoms with E-state index in [4.69, 9.17) is 5.26 Å². The maximum atomic E-state index is 12.2. The number of benzene rings is 1. The van der Waals surface area contributed by atoms with Crippen LogP contribution in [-0.2, 0) is 11.3 Å². The molecule has 0 saturated carbocycles. The lowest BCUT2D eigenvalue weighted by Gasteiger charge is -2.19. The largest absolute Gasteiger partial charge is 0.341 e. The predicted molar refractivity (Wildman–Crippen MR) is 88.6 cm³/mol. The van der Waals surface area contributed by atoms with E-state index in [0.29, 0.717) is 25.3 Å². The van der Waals surface area contributed by atoms with Crippen molar-refractivity contribution < 1.29 is 4.79 Å². The highest BCUT2D eigenvalue weighted by Crippen LogP contribution is 2.24. The van der Waals surface area contributed by atoms with E-state index in [2.05, 4.69) is 22.5 Å². The molecule has 0 aliphatic heterocycles. The molecule has 1 aromatic carbocycles. The molecule has 0 fully saturated rings. The molecule has 0 aliphatic rings. The summed E-state index contributed by atoms with van der Waals surface area (Å²) in [4.78, 5) is 18.5. The molecule has 0 bridgehead atoms. The third kappa shape index (κ3) is 3.60. The molecule has 0 unspecified atom stereocenters. The average Bonchev–Trinajstić information content (AvgIpc) is 2.91. The number of thioether (sulfide) groups is 1.